The maximum atomic E-state index is 12.2. The number of halogens is 1. The zero-order valence-electron chi connectivity index (χ0n) is 10.7. The fourth-order valence-electron chi connectivity index (χ4n) is 1.62. The van der Waals surface area contributed by atoms with Gasteiger partial charge in [-0.05, 0) is 37.3 Å². The van der Waals surface area contributed by atoms with Crippen molar-refractivity contribution in [3.8, 4) is 5.75 Å². The van der Waals surface area contributed by atoms with E-state index in [4.69, 9.17) is 4.18 Å². The molecule has 0 atom stereocenters. The van der Waals surface area contributed by atoms with Gasteiger partial charge in [0.25, 0.3) is 0 Å². The van der Waals surface area contributed by atoms with E-state index in [1.807, 2.05) is 6.92 Å². The van der Waals surface area contributed by atoms with Crippen LogP contribution in [0.1, 0.15) is 11.1 Å². The molecule has 6 heteroatoms. The molecule has 2 rings (SSSR count). The third-order valence-corrected chi connectivity index (χ3v) is 4.44. The molecule has 2 aromatic rings. The molecule has 4 nitrogen and oxygen atoms in total. The standard InChI is InChI=1S/C14H13BrO4S/c1-10-2-5-13(6-3-10)20(17,18)19-14-7-4-12(15)8-11(14)9-16/h2-8,16H,9H2,1H3. The van der Waals surface area contributed by atoms with E-state index < -0.39 is 10.1 Å². The molecule has 0 aliphatic heterocycles. The molecule has 0 unspecified atom stereocenters. The van der Waals surface area contributed by atoms with Crippen LogP contribution in [0.25, 0.3) is 0 Å². The van der Waals surface area contributed by atoms with Gasteiger partial charge in [-0.3, -0.25) is 0 Å². The zero-order valence-corrected chi connectivity index (χ0v) is 13.1. The van der Waals surface area contributed by atoms with Crippen molar-refractivity contribution in [1.82, 2.24) is 0 Å². The van der Waals surface area contributed by atoms with Crippen molar-refractivity contribution in [1.29, 1.82) is 0 Å². The van der Waals surface area contributed by atoms with Gasteiger partial charge < -0.3 is 9.29 Å². The van der Waals surface area contributed by atoms with Crippen LogP contribution in [-0.2, 0) is 16.7 Å². The average Bonchev–Trinajstić information content (AvgIpc) is 2.41. The lowest BCUT2D eigenvalue weighted by molar-refractivity contribution is 0.278. The Hall–Kier alpha value is -1.37. The summed E-state index contributed by atoms with van der Waals surface area (Å²) in [5.41, 5.74) is 1.36. The minimum absolute atomic E-state index is 0.0786. The number of hydrogen-bond donors (Lipinski definition) is 1. The van der Waals surface area contributed by atoms with Gasteiger partial charge in [0.15, 0.2) is 0 Å². The number of aliphatic hydroxyl groups is 1. The molecular formula is C14H13BrO4S. The number of hydrogen-bond acceptors (Lipinski definition) is 4. The van der Waals surface area contributed by atoms with Crippen molar-refractivity contribution >= 4 is 26.0 Å². The van der Waals surface area contributed by atoms with Gasteiger partial charge in [-0.25, -0.2) is 0 Å². The first-order valence-electron chi connectivity index (χ1n) is 5.83. The second-order valence-electron chi connectivity index (χ2n) is 4.26. The highest BCUT2D eigenvalue weighted by Gasteiger charge is 2.18. The van der Waals surface area contributed by atoms with Gasteiger partial charge in [-0.2, -0.15) is 8.42 Å². The van der Waals surface area contributed by atoms with Crippen LogP contribution in [0.3, 0.4) is 0 Å². The molecule has 20 heavy (non-hydrogen) atoms. The topological polar surface area (TPSA) is 63.6 Å². The third-order valence-electron chi connectivity index (χ3n) is 2.70. The Labute approximate surface area is 126 Å². The Balaban J connectivity index is 2.35. The molecule has 0 aliphatic rings. The predicted molar refractivity (Wildman–Crippen MR) is 79.1 cm³/mol. The van der Waals surface area contributed by atoms with E-state index in [9.17, 15) is 13.5 Å². The second kappa shape index (κ2) is 5.95. The van der Waals surface area contributed by atoms with E-state index in [-0.39, 0.29) is 17.3 Å². The summed E-state index contributed by atoms with van der Waals surface area (Å²) < 4.78 is 30.1. The summed E-state index contributed by atoms with van der Waals surface area (Å²) in [4.78, 5) is 0.0786. The second-order valence-corrected chi connectivity index (χ2v) is 6.72. The van der Waals surface area contributed by atoms with Crippen LogP contribution in [0.15, 0.2) is 51.8 Å². The largest absolute Gasteiger partial charge is 0.392 e. The van der Waals surface area contributed by atoms with Crippen LogP contribution in [0.2, 0.25) is 0 Å². The summed E-state index contributed by atoms with van der Waals surface area (Å²) in [6.07, 6.45) is 0. The van der Waals surface area contributed by atoms with Crippen molar-refractivity contribution in [2.24, 2.45) is 0 Å². The number of aliphatic hydroxyl groups excluding tert-OH is 1. The first kappa shape index (κ1) is 15.0. The van der Waals surface area contributed by atoms with Gasteiger partial charge in [0, 0.05) is 10.0 Å². The summed E-state index contributed by atoms with van der Waals surface area (Å²) in [6.45, 7) is 1.56. The molecule has 2 aromatic carbocycles. The predicted octanol–water partition coefficient (Wildman–Crippen LogP) is 3.02. The molecule has 0 saturated heterocycles. The van der Waals surface area contributed by atoms with E-state index in [2.05, 4.69) is 15.9 Å². The SMILES string of the molecule is Cc1ccc(S(=O)(=O)Oc2ccc(Br)cc2CO)cc1. The molecule has 0 heterocycles. The van der Waals surface area contributed by atoms with Gasteiger partial charge in [-0.1, -0.05) is 33.6 Å². The fourth-order valence-corrected chi connectivity index (χ4v) is 3.00. The monoisotopic (exact) mass is 356 g/mol. The smallest absolute Gasteiger partial charge is 0.339 e. The highest BCUT2D eigenvalue weighted by atomic mass is 79.9. The maximum Gasteiger partial charge on any atom is 0.339 e. The summed E-state index contributed by atoms with van der Waals surface area (Å²) in [5, 5.41) is 9.25. The number of aryl methyl sites for hydroxylation is 1. The van der Waals surface area contributed by atoms with E-state index in [1.165, 1.54) is 18.2 Å². The highest BCUT2D eigenvalue weighted by molar-refractivity contribution is 9.10. The van der Waals surface area contributed by atoms with Crippen molar-refractivity contribution < 1.29 is 17.7 Å². The maximum absolute atomic E-state index is 12.2. The van der Waals surface area contributed by atoms with Crippen molar-refractivity contribution in [3.63, 3.8) is 0 Å². The minimum atomic E-state index is -3.90. The lowest BCUT2D eigenvalue weighted by Gasteiger charge is -2.10. The zero-order chi connectivity index (χ0) is 14.8. The molecule has 106 valence electrons. The van der Waals surface area contributed by atoms with Crippen molar-refractivity contribution in [2.45, 2.75) is 18.4 Å². The molecule has 0 saturated carbocycles. The normalized spacial score (nSPS) is 11.3. The molecule has 0 aliphatic carbocycles. The van der Waals surface area contributed by atoms with Gasteiger partial charge in [0.2, 0.25) is 0 Å². The average molecular weight is 357 g/mol. The van der Waals surface area contributed by atoms with Crippen LogP contribution in [0, 0.1) is 6.92 Å². The van der Waals surface area contributed by atoms with Crippen LogP contribution < -0.4 is 4.18 Å². The van der Waals surface area contributed by atoms with Gasteiger partial charge in [-0.15, -0.1) is 0 Å². The number of rotatable bonds is 4. The Bertz CT molecular complexity index is 708. The van der Waals surface area contributed by atoms with E-state index >= 15 is 0 Å². The number of benzene rings is 2. The Morgan fingerprint density at radius 1 is 1.15 bits per heavy atom. The molecule has 0 radical (unpaired) electrons. The van der Waals surface area contributed by atoms with Crippen LogP contribution in [-0.4, -0.2) is 13.5 Å². The Morgan fingerprint density at radius 2 is 1.80 bits per heavy atom. The fraction of sp³-hybridized carbons (Fsp3) is 0.143. The van der Waals surface area contributed by atoms with Crippen LogP contribution >= 0.6 is 15.9 Å². The quantitative estimate of drug-likeness (QED) is 0.855. The van der Waals surface area contributed by atoms with Gasteiger partial charge in [0.1, 0.15) is 10.6 Å². The summed E-state index contributed by atoms with van der Waals surface area (Å²) >= 11 is 3.25. The van der Waals surface area contributed by atoms with Crippen LogP contribution in [0.5, 0.6) is 5.75 Å². The van der Waals surface area contributed by atoms with Crippen molar-refractivity contribution in [3.05, 3.63) is 58.1 Å². The first-order valence-corrected chi connectivity index (χ1v) is 8.03. The van der Waals surface area contributed by atoms with E-state index in [0.29, 0.717) is 5.56 Å². The molecule has 0 spiro atoms. The molecule has 0 amide bonds. The molecular weight excluding hydrogens is 344 g/mol. The van der Waals surface area contributed by atoms with Gasteiger partial charge in [0.05, 0.1) is 6.61 Å². The van der Waals surface area contributed by atoms with E-state index in [1.54, 1.807) is 24.3 Å². The lowest BCUT2D eigenvalue weighted by atomic mass is 10.2. The van der Waals surface area contributed by atoms with Gasteiger partial charge >= 0.3 is 10.1 Å². The Morgan fingerprint density at radius 3 is 2.40 bits per heavy atom. The van der Waals surface area contributed by atoms with Crippen molar-refractivity contribution in [2.75, 3.05) is 0 Å². The lowest BCUT2D eigenvalue weighted by Crippen LogP contribution is -2.11. The minimum Gasteiger partial charge on any atom is -0.392 e. The molecule has 1 N–H and O–H groups in total. The highest BCUT2D eigenvalue weighted by Crippen LogP contribution is 2.26. The van der Waals surface area contributed by atoms with Crippen LogP contribution in [0.4, 0.5) is 0 Å². The summed E-state index contributed by atoms with van der Waals surface area (Å²) in [7, 11) is -3.90. The Kier molecular flexibility index (Phi) is 4.47. The third kappa shape index (κ3) is 3.39. The van der Waals surface area contributed by atoms with E-state index in [0.717, 1.165) is 10.0 Å². The first-order chi connectivity index (χ1) is 9.42. The summed E-state index contributed by atoms with van der Waals surface area (Å²) in [5.74, 6) is 0.122. The molecule has 0 fully saturated rings. The summed E-state index contributed by atoms with van der Waals surface area (Å²) in [6, 6.07) is 11.1. The molecule has 0 bridgehead atoms. The molecule has 0 aromatic heterocycles.